The fourth-order valence-electron chi connectivity index (χ4n) is 3.11. The van der Waals surface area contributed by atoms with E-state index >= 15 is 0 Å². The molecule has 5 heteroatoms. The Balaban J connectivity index is 1.82. The molecule has 2 aromatic rings. The van der Waals surface area contributed by atoms with Crippen LogP contribution in [0.15, 0.2) is 28.8 Å². The molecule has 22 heavy (non-hydrogen) atoms. The summed E-state index contributed by atoms with van der Waals surface area (Å²) in [6.45, 7) is 3.40. The highest BCUT2D eigenvalue weighted by Gasteiger charge is 2.25. The average molecular weight is 306 g/mol. The lowest BCUT2D eigenvalue weighted by molar-refractivity contribution is 0.183. The van der Waals surface area contributed by atoms with Crippen LogP contribution in [0.1, 0.15) is 48.7 Å². The maximum atomic E-state index is 13.4. The third-order valence-corrected chi connectivity index (χ3v) is 4.22. The molecule has 3 rings (SSSR count). The molecule has 0 amide bonds. The lowest BCUT2D eigenvalue weighted by Gasteiger charge is -2.28. The van der Waals surface area contributed by atoms with Crippen LogP contribution >= 0.6 is 0 Å². The predicted octanol–water partition coefficient (Wildman–Crippen LogP) is 4.38. The molecule has 0 N–H and O–H groups in total. The molecule has 0 radical (unpaired) electrons. The van der Waals surface area contributed by atoms with Crippen molar-refractivity contribution in [2.75, 3.05) is 6.54 Å². The summed E-state index contributed by atoms with van der Waals surface area (Å²) in [5.41, 5.74) is 1.72. The number of rotatable bonds is 3. The molecular formula is C17H20F2N2O. The van der Waals surface area contributed by atoms with Gasteiger partial charge in [0, 0.05) is 12.6 Å². The zero-order valence-electron chi connectivity index (χ0n) is 12.7. The largest absolute Gasteiger partial charge is 0.361 e. The Morgan fingerprint density at radius 2 is 2.05 bits per heavy atom. The van der Waals surface area contributed by atoms with E-state index in [0.29, 0.717) is 6.54 Å². The summed E-state index contributed by atoms with van der Waals surface area (Å²) in [4.78, 5) is 2.29. The molecule has 1 saturated heterocycles. The highest BCUT2D eigenvalue weighted by Crippen LogP contribution is 2.31. The van der Waals surface area contributed by atoms with Crippen molar-refractivity contribution in [1.82, 2.24) is 10.1 Å². The quantitative estimate of drug-likeness (QED) is 0.843. The lowest BCUT2D eigenvalue weighted by atomic mass is 10.1. The number of likely N-dealkylation sites (tertiary alicyclic amines) is 1. The van der Waals surface area contributed by atoms with Gasteiger partial charge in [0.05, 0.1) is 6.04 Å². The number of hydrogen-bond donors (Lipinski definition) is 0. The van der Waals surface area contributed by atoms with E-state index in [0.717, 1.165) is 42.8 Å². The number of nitrogens with zero attached hydrogens (tertiary/aromatic N) is 2. The minimum absolute atomic E-state index is 0.174. The summed E-state index contributed by atoms with van der Waals surface area (Å²) < 4.78 is 31.7. The van der Waals surface area contributed by atoms with Gasteiger partial charge in [-0.2, -0.15) is 0 Å². The fourth-order valence-corrected chi connectivity index (χ4v) is 3.11. The van der Waals surface area contributed by atoms with Gasteiger partial charge in [-0.05, 0) is 44.0 Å². The molecule has 1 aromatic carbocycles. The van der Waals surface area contributed by atoms with Gasteiger partial charge >= 0.3 is 0 Å². The Bertz CT molecular complexity index is 641. The van der Waals surface area contributed by atoms with E-state index < -0.39 is 11.6 Å². The summed E-state index contributed by atoms with van der Waals surface area (Å²) in [5.74, 6) is -0.795. The molecule has 1 aliphatic rings. The number of aryl methyl sites for hydroxylation is 1. The Kier molecular flexibility index (Phi) is 4.52. The van der Waals surface area contributed by atoms with Crippen LogP contribution in [0.4, 0.5) is 8.78 Å². The van der Waals surface area contributed by atoms with Crippen LogP contribution < -0.4 is 0 Å². The SMILES string of the molecule is Cc1cc([C@@H]2CCCCCN2Cc2ccc(F)c(F)c2)no1. The highest BCUT2D eigenvalue weighted by molar-refractivity contribution is 5.18. The molecule has 1 aromatic heterocycles. The van der Waals surface area contributed by atoms with Crippen molar-refractivity contribution in [3.05, 3.63) is 52.9 Å². The molecule has 0 spiro atoms. The van der Waals surface area contributed by atoms with Crippen molar-refractivity contribution in [1.29, 1.82) is 0 Å². The van der Waals surface area contributed by atoms with Gasteiger partial charge in [-0.25, -0.2) is 8.78 Å². The average Bonchev–Trinajstić information content (AvgIpc) is 2.79. The molecule has 0 unspecified atom stereocenters. The van der Waals surface area contributed by atoms with Crippen molar-refractivity contribution < 1.29 is 13.3 Å². The third-order valence-electron chi connectivity index (χ3n) is 4.22. The van der Waals surface area contributed by atoms with Gasteiger partial charge in [0.2, 0.25) is 0 Å². The standard InChI is InChI=1S/C17H20F2N2O/c1-12-9-16(20-22-12)17-5-3-2-4-8-21(17)11-13-6-7-14(18)15(19)10-13/h6-7,9-10,17H,2-5,8,11H2,1H3/t17-/m0/s1. The predicted molar refractivity (Wildman–Crippen MR) is 79.2 cm³/mol. The summed E-state index contributed by atoms with van der Waals surface area (Å²) in [6.07, 6.45) is 4.44. The molecule has 0 saturated carbocycles. The van der Waals surface area contributed by atoms with Gasteiger partial charge in [0.1, 0.15) is 11.5 Å². The second-order valence-electron chi connectivity index (χ2n) is 5.95. The van der Waals surface area contributed by atoms with Crippen LogP contribution in [0.3, 0.4) is 0 Å². The summed E-state index contributed by atoms with van der Waals surface area (Å²) in [6, 6.07) is 6.26. The van der Waals surface area contributed by atoms with Crippen LogP contribution in [0.2, 0.25) is 0 Å². The van der Waals surface area contributed by atoms with Crippen LogP contribution in [0.5, 0.6) is 0 Å². The van der Waals surface area contributed by atoms with Crippen LogP contribution in [-0.4, -0.2) is 16.6 Å². The molecule has 1 atom stereocenters. The van der Waals surface area contributed by atoms with E-state index in [1.54, 1.807) is 6.07 Å². The fraction of sp³-hybridized carbons (Fsp3) is 0.471. The molecule has 2 heterocycles. The Hall–Kier alpha value is -1.75. The highest BCUT2D eigenvalue weighted by atomic mass is 19.2. The van der Waals surface area contributed by atoms with Gasteiger partial charge in [0.15, 0.2) is 11.6 Å². The molecule has 0 aliphatic carbocycles. The minimum atomic E-state index is -0.803. The second kappa shape index (κ2) is 6.57. The lowest BCUT2D eigenvalue weighted by Crippen LogP contribution is -2.28. The van der Waals surface area contributed by atoms with Crippen LogP contribution in [0, 0.1) is 18.6 Å². The van der Waals surface area contributed by atoms with E-state index in [1.807, 2.05) is 13.0 Å². The maximum absolute atomic E-state index is 13.4. The van der Waals surface area contributed by atoms with Crippen molar-refractivity contribution >= 4 is 0 Å². The molecule has 3 nitrogen and oxygen atoms in total. The zero-order valence-corrected chi connectivity index (χ0v) is 12.7. The first kappa shape index (κ1) is 15.2. The van der Waals surface area contributed by atoms with Crippen molar-refractivity contribution in [2.24, 2.45) is 0 Å². The topological polar surface area (TPSA) is 29.3 Å². The number of aromatic nitrogens is 1. The van der Waals surface area contributed by atoms with Gasteiger partial charge in [0.25, 0.3) is 0 Å². The number of halogens is 2. The minimum Gasteiger partial charge on any atom is -0.361 e. The van der Waals surface area contributed by atoms with E-state index in [1.165, 1.54) is 18.6 Å². The van der Waals surface area contributed by atoms with Crippen LogP contribution in [-0.2, 0) is 6.54 Å². The monoisotopic (exact) mass is 306 g/mol. The van der Waals surface area contributed by atoms with E-state index in [-0.39, 0.29) is 6.04 Å². The Morgan fingerprint density at radius 3 is 2.77 bits per heavy atom. The normalized spacial score (nSPS) is 20.0. The summed E-state index contributed by atoms with van der Waals surface area (Å²) in [5, 5.41) is 4.15. The van der Waals surface area contributed by atoms with Crippen molar-refractivity contribution in [2.45, 2.75) is 45.2 Å². The summed E-state index contributed by atoms with van der Waals surface area (Å²) >= 11 is 0. The molecule has 118 valence electrons. The first-order valence-corrected chi connectivity index (χ1v) is 7.74. The first-order valence-electron chi connectivity index (χ1n) is 7.74. The molecule has 1 aliphatic heterocycles. The van der Waals surface area contributed by atoms with E-state index in [4.69, 9.17) is 4.52 Å². The maximum Gasteiger partial charge on any atom is 0.159 e. The van der Waals surface area contributed by atoms with Crippen molar-refractivity contribution in [3.8, 4) is 0 Å². The Labute approximate surface area is 128 Å². The zero-order chi connectivity index (χ0) is 15.5. The van der Waals surface area contributed by atoms with Crippen LogP contribution in [0.25, 0.3) is 0 Å². The number of hydrogen-bond acceptors (Lipinski definition) is 3. The molecule has 1 fully saturated rings. The smallest absolute Gasteiger partial charge is 0.159 e. The summed E-state index contributed by atoms with van der Waals surface area (Å²) in [7, 11) is 0. The number of benzene rings is 1. The molecular weight excluding hydrogens is 286 g/mol. The van der Waals surface area contributed by atoms with E-state index in [2.05, 4.69) is 10.1 Å². The van der Waals surface area contributed by atoms with Crippen molar-refractivity contribution in [3.63, 3.8) is 0 Å². The van der Waals surface area contributed by atoms with Gasteiger partial charge in [-0.3, -0.25) is 4.90 Å². The van der Waals surface area contributed by atoms with E-state index in [9.17, 15) is 8.78 Å². The van der Waals surface area contributed by atoms with Gasteiger partial charge in [-0.1, -0.05) is 24.1 Å². The van der Waals surface area contributed by atoms with Gasteiger partial charge in [-0.15, -0.1) is 0 Å². The first-order chi connectivity index (χ1) is 10.6. The van der Waals surface area contributed by atoms with Gasteiger partial charge < -0.3 is 4.52 Å². The molecule has 0 bridgehead atoms. The Morgan fingerprint density at radius 1 is 1.18 bits per heavy atom. The third kappa shape index (κ3) is 3.35. The second-order valence-corrected chi connectivity index (χ2v) is 5.95.